The normalized spacial score (nSPS) is 11.3. The fourth-order valence-corrected chi connectivity index (χ4v) is 4.50. The van der Waals surface area contributed by atoms with Gasteiger partial charge in [-0.1, -0.05) is 0 Å². The first-order valence-electron chi connectivity index (χ1n) is 8.13. The molecule has 0 spiro atoms. The van der Waals surface area contributed by atoms with Crippen LogP contribution in [-0.4, -0.2) is 48.6 Å². The van der Waals surface area contributed by atoms with Gasteiger partial charge in [0.15, 0.2) is 22.2 Å². The van der Waals surface area contributed by atoms with Gasteiger partial charge >= 0.3 is 0 Å². The Morgan fingerprint density at radius 3 is 3.07 bits per heavy atom. The molecule has 1 atom stereocenters. The van der Waals surface area contributed by atoms with Crippen molar-refractivity contribution in [2.24, 2.45) is 5.73 Å². The highest BCUT2D eigenvalue weighted by Gasteiger charge is 2.20. The Morgan fingerprint density at radius 1 is 1.46 bits per heavy atom. The lowest BCUT2D eigenvalue weighted by Crippen LogP contribution is -2.20. The Morgan fingerprint density at radius 2 is 2.32 bits per heavy atom. The molecular formula is C15H19N9OS3. The van der Waals surface area contributed by atoms with Crippen LogP contribution in [0.25, 0.3) is 0 Å². The van der Waals surface area contributed by atoms with Gasteiger partial charge in [-0.05, 0) is 12.1 Å². The highest BCUT2D eigenvalue weighted by atomic mass is 32.2. The molecular weight excluding hydrogens is 418 g/mol. The maximum atomic E-state index is 11.8. The van der Waals surface area contributed by atoms with E-state index in [0.717, 1.165) is 22.9 Å². The predicted octanol–water partition coefficient (Wildman–Crippen LogP) is 2.47. The minimum atomic E-state index is -1.62. The number of anilines is 4. The van der Waals surface area contributed by atoms with Crippen LogP contribution in [-0.2, 0) is 5.75 Å². The van der Waals surface area contributed by atoms with E-state index in [0.29, 0.717) is 23.3 Å². The lowest BCUT2D eigenvalue weighted by Gasteiger charge is -2.15. The van der Waals surface area contributed by atoms with Gasteiger partial charge in [-0.15, -0.1) is 11.3 Å². The Balaban J connectivity index is 1.49. The van der Waals surface area contributed by atoms with Crippen LogP contribution in [0.1, 0.15) is 5.69 Å². The Kier molecular flexibility index (Phi) is 6.97. The summed E-state index contributed by atoms with van der Waals surface area (Å²) < 4.78 is 19.9. The molecule has 1 unspecified atom stereocenters. The molecule has 0 saturated carbocycles. The van der Waals surface area contributed by atoms with Crippen LogP contribution in [0, 0.1) is 5.41 Å². The number of nitrogens with one attached hydrogen (secondary N) is 3. The van der Waals surface area contributed by atoms with E-state index in [-0.39, 0.29) is 5.96 Å². The summed E-state index contributed by atoms with van der Waals surface area (Å²) in [5.74, 6) is 2.46. The van der Waals surface area contributed by atoms with Gasteiger partial charge in [0.05, 0.1) is 17.6 Å². The SMILES string of the molecule is CN(c1cccnc1)c1n[s+]([O-])nc1NCCSCc1csc(NC(=N)N)n1. The number of thioether (sulfide) groups is 1. The van der Waals surface area contributed by atoms with Crippen LogP contribution >= 0.6 is 34.2 Å². The van der Waals surface area contributed by atoms with E-state index in [1.807, 2.05) is 24.6 Å². The third-order valence-electron chi connectivity index (χ3n) is 3.48. The largest absolute Gasteiger partial charge is 0.546 e. The lowest BCUT2D eigenvalue weighted by molar-refractivity contribution is 0.585. The third kappa shape index (κ3) is 5.51. The number of thiazole rings is 1. The summed E-state index contributed by atoms with van der Waals surface area (Å²) in [5.41, 5.74) is 7.05. The molecule has 3 aromatic heterocycles. The maximum Gasteiger partial charge on any atom is 0.239 e. The molecule has 13 heteroatoms. The Hall–Kier alpha value is -2.48. The summed E-state index contributed by atoms with van der Waals surface area (Å²) in [7, 11) is 1.83. The zero-order valence-electron chi connectivity index (χ0n) is 15.0. The molecule has 0 amide bonds. The van der Waals surface area contributed by atoms with Crippen LogP contribution in [0.3, 0.4) is 0 Å². The van der Waals surface area contributed by atoms with Crippen LogP contribution in [0.2, 0.25) is 0 Å². The van der Waals surface area contributed by atoms with E-state index in [2.05, 4.69) is 29.3 Å². The fraction of sp³-hybridized carbons (Fsp3) is 0.267. The maximum absolute atomic E-state index is 11.8. The summed E-state index contributed by atoms with van der Waals surface area (Å²) in [6.07, 6.45) is 3.40. The van der Waals surface area contributed by atoms with E-state index in [1.165, 1.54) is 11.3 Å². The number of nitrogens with two attached hydrogens (primary N) is 1. The Bertz CT molecular complexity index is 915. The summed E-state index contributed by atoms with van der Waals surface area (Å²) in [4.78, 5) is 10.2. The molecule has 0 fully saturated rings. The molecule has 3 aromatic rings. The highest BCUT2D eigenvalue weighted by Crippen LogP contribution is 2.30. The van der Waals surface area contributed by atoms with Crippen LogP contribution in [0.15, 0.2) is 29.9 Å². The molecule has 148 valence electrons. The first kappa shape index (κ1) is 20.3. The van der Waals surface area contributed by atoms with Crippen molar-refractivity contribution in [3.05, 3.63) is 35.6 Å². The van der Waals surface area contributed by atoms with Crippen LogP contribution in [0.5, 0.6) is 0 Å². The smallest absolute Gasteiger partial charge is 0.239 e. The van der Waals surface area contributed by atoms with Gasteiger partial charge < -0.3 is 25.8 Å². The second-order valence-electron chi connectivity index (χ2n) is 5.52. The molecule has 0 aliphatic rings. The first-order chi connectivity index (χ1) is 13.5. The van der Waals surface area contributed by atoms with Gasteiger partial charge in [-0.25, -0.2) is 4.98 Å². The quantitative estimate of drug-likeness (QED) is 0.170. The number of rotatable bonds is 9. The topological polar surface area (TPSA) is 152 Å². The zero-order valence-corrected chi connectivity index (χ0v) is 17.4. The van der Waals surface area contributed by atoms with Crippen molar-refractivity contribution in [3.8, 4) is 0 Å². The van der Waals surface area contributed by atoms with Gasteiger partial charge in [0.25, 0.3) is 0 Å². The second-order valence-corrected chi connectivity index (χ2v) is 8.31. The molecule has 0 aliphatic carbocycles. The molecule has 0 saturated heterocycles. The lowest BCUT2D eigenvalue weighted by atomic mass is 10.4. The van der Waals surface area contributed by atoms with Crippen molar-refractivity contribution in [2.75, 3.05) is 34.9 Å². The molecule has 0 aromatic carbocycles. The van der Waals surface area contributed by atoms with E-state index in [4.69, 9.17) is 11.1 Å². The van der Waals surface area contributed by atoms with Crippen LogP contribution in [0.4, 0.5) is 22.5 Å². The number of hydrogen-bond donors (Lipinski definition) is 4. The third-order valence-corrected chi connectivity index (χ3v) is 5.95. The molecule has 28 heavy (non-hydrogen) atoms. The van der Waals surface area contributed by atoms with Gasteiger partial charge in [0.2, 0.25) is 11.6 Å². The fourth-order valence-electron chi connectivity index (χ4n) is 2.23. The summed E-state index contributed by atoms with van der Waals surface area (Å²) >= 11 is 1.50. The number of hydrogen-bond acceptors (Lipinski definition) is 10. The van der Waals surface area contributed by atoms with Crippen molar-refractivity contribution in [1.29, 1.82) is 5.41 Å². The Labute approximate surface area is 173 Å². The second kappa shape index (κ2) is 9.64. The van der Waals surface area contributed by atoms with E-state index >= 15 is 0 Å². The van der Waals surface area contributed by atoms with Crippen LogP contribution < -0.4 is 21.3 Å². The van der Waals surface area contributed by atoms with E-state index in [1.54, 1.807) is 29.1 Å². The van der Waals surface area contributed by atoms with Gasteiger partial charge in [-0.3, -0.25) is 10.4 Å². The summed E-state index contributed by atoms with van der Waals surface area (Å²) in [6.45, 7) is 0.642. The number of nitrogens with zero attached hydrogens (tertiary/aromatic N) is 5. The van der Waals surface area contributed by atoms with Crippen molar-refractivity contribution in [2.45, 2.75) is 5.75 Å². The minimum absolute atomic E-state index is 0.124. The molecule has 3 rings (SSSR count). The minimum Gasteiger partial charge on any atom is -0.546 e. The average molecular weight is 438 g/mol. The monoisotopic (exact) mass is 437 g/mol. The molecule has 0 radical (unpaired) electrons. The zero-order chi connectivity index (χ0) is 19.9. The molecule has 3 heterocycles. The molecule has 0 aliphatic heterocycles. The first-order valence-corrected chi connectivity index (χ1v) is 11.2. The average Bonchev–Trinajstić information content (AvgIpc) is 3.27. The van der Waals surface area contributed by atoms with E-state index < -0.39 is 11.1 Å². The van der Waals surface area contributed by atoms with Gasteiger partial charge in [0, 0.05) is 45.4 Å². The van der Waals surface area contributed by atoms with Gasteiger partial charge in [0.1, 0.15) is 0 Å². The number of aromatic nitrogens is 4. The van der Waals surface area contributed by atoms with Gasteiger partial charge in [-0.2, -0.15) is 11.8 Å². The number of guanidine groups is 1. The highest BCUT2D eigenvalue weighted by molar-refractivity contribution is 7.98. The standard InChI is InChI=1S/C15H19N9OS3/c1-24(11-3-2-4-18-7-11)13-12(22-28(25)23-13)19-5-6-26-8-10-9-27-15(20-10)21-14(16)17/h2-4,7,9H,5-6,8H2,1H3,(H,19,22)(H4,16,17,20,21). The summed E-state index contributed by atoms with van der Waals surface area (Å²) in [6, 6.07) is 3.72. The molecule has 0 bridgehead atoms. The molecule has 10 nitrogen and oxygen atoms in total. The van der Waals surface area contributed by atoms with Crippen molar-refractivity contribution in [1.82, 2.24) is 18.7 Å². The van der Waals surface area contributed by atoms with Crippen molar-refractivity contribution in [3.63, 3.8) is 0 Å². The predicted molar refractivity (Wildman–Crippen MR) is 115 cm³/mol. The van der Waals surface area contributed by atoms with Crippen molar-refractivity contribution >= 4 is 62.7 Å². The van der Waals surface area contributed by atoms with E-state index in [9.17, 15) is 4.55 Å². The van der Waals surface area contributed by atoms with Crippen molar-refractivity contribution < 1.29 is 4.55 Å². The summed E-state index contributed by atoms with van der Waals surface area (Å²) in [5, 5.41) is 15.6. The molecule has 5 N–H and O–H groups in total. The number of pyridine rings is 1.